The quantitative estimate of drug-likeness (QED) is 0.385. The summed E-state index contributed by atoms with van der Waals surface area (Å²) in [6, 6.07) is 0. The molecule has 0 saturated carbocycles. The standard InChI is InChI=1S/C14H28O2/c1-3-5-7-8-9-10-12-14(15)16-13-11-6-4-2/h3-13H2,1-2H3. The van der Waals surface area contributed by atoms with E-state index in [1.807, 2.05) is 0 Å². The largest absolute Gasteiger partial charge is 0.466 e. The van der Waals surface area contributed by atoms with Gasteiger partial charge >= 0.3 is 5.97 Å². The van der Waals surface area contributed by atoms with Crippen molar-refractivity contribution in [3.8, 4) is 0 Å². The van der Waals surface area contributed by atoms with E-state index in [0.717, 1.165) is 19.3 Å². The molecule has 0 bridgehead atoms. The van der Waals surface area contributed by atoms with Crippen LogP contribution in [0.5, 0.6) is 0 Å². The minimum absolute atomic E-state index is 0.00778. The molecule has 96 valence electrons. The molecule has 0 aliphatic heterocycles. The fourth-order valence-electron chi connectivity index (χ4n) is 1.66. The van der Waals surface area contributed by atoms with E-state index in [1.54, 1.807) is 0 Å². The topological polar surface area (TPSA) is 26.3 Å². The lowest BCUT2D eigenvalue weighted by molar-refractivity contribution is -0.143. The van der Waals surface area contributed by atoms with Crippen LogP contribution in [0.4, 0.5) is 0 Å². The maximum Gasteiger partial charge on any atom is 0.305 e. The minimum atomic E-state index is -0.00778. The highest BCUT2D eigenvalue weighted by Gasteiger charge is 2.01. The highest BCUT2D eigenvalue weighted by atomic mass is 16.5. The van der Waals surface area contributed by atoms with Gasteiger partial charge in [0.15, 0.2) is 0 Å². The number of rotatable bonds is 11. The van der Waals surface area contributed by atoms with Crippen molar-refractivity contribution in [1.82, 2.24) is 0 Å². The monoisotopic (exact) mass is 228 g/mol. The summed E-state index contributed by atoms with van der Waals surface area (Å²) in [7, 11) is 0. The number of carbonyl (C=O) groups excluding carboxylic acids is 1. The first kappa shape index (κ1) is 15.5. The van der Waals surface area contributed by atoms with Crippen LogP contribution >= 0.6 is 0 Å². The van der Waals surface area contributed by atoms with E-state index in [0.29, 0.717) is 13.0 Å². The summed E-state index contributed by atoms with van der Waals surface area (Å²) in [6.45, 7) is 4.98. The van der Waals surface area contributed by atoms with Gasteiger partial charge in [-0.3, -0.25) is 4.79 Å². The molecule has 0 rings (SSSR count). The van der Waals surface area contributed by atoms with Crippen molar-refractivity contribution in [3.05, 3.63) is 0 Å². The van der Waals surface area contributed by atoms with Gasteiger partial charge in [0, 0.05) is 6.42 Å². The zero-order chi connectivity index (χ0) is 12.1. The first-order valence-electron chi connectivity index (χ1n) is 6.96. The molecule has 0 amide bonds. The van der Waals surface area contributed by atoms with Gasteiger partial charge in [0.2, 0.25) is 0 Å². The summed E-state index contributed by atoms with van der Waals surface area (Å²) in [5.74, 6) is -0.00778. The average Bonchev–Trinajstić information content (AvgIpc) is 2.29. The minimum Gasteiger partial charge on any atom is -0.466 e. The molecule has 0 atom stereocenters. The van der Waals surface area contributed by atoms with Crippen molar-refractivity contribution in [1.29, 1.82) is 0 Å². The average molecular weight is 228 g/mol. The lowest BCUT2D eigenvalue weighted by atomic mass is 10.1. The Labute approximate surface area is 101 Å². The van der Waals surface area contributed by atoms with E-state index in [-0.39, 0.29) is 5.97 Å². The second-order valence-corrected chi connectivity index (χ2v) is 4.45. The molecule has 0 aromatic heterocycles. The molecule has 0 aromatic carbocycles. The van der Waals surface area contributed by atoms with Crippen LogP contribution in [0.3, 0.4) is 0 Å². The molecule has 0 N–H and O–H groups in total. The predicted molar refractivity (Wildman–Crippen MR) is 68.5 cm³/mol. The molecular weight excluding hydrogens is 200 g/mol. The van der Waals surface area contributed by atoms with E-state index in [1.165, 1.54) is 38.5 Å². The highest BCUT2D eigenvalue weighted by Crippen LogP contribution is 2.07. The van der Waals surface area contributed by atoms with Crippen LogP contribution < -0.4 is 0 Å². The molecule has 0 spiro atoms. The molecule has 16 heavy (non-hydrogen) atoms. The summed E-state index contributed by atoms with van der Waals surface area (Å²) < 4.78 is 5.13. The third-order valence-corrected chi connectivity index (χ3v) is 2.75. The number of hydrogen-bond acceptors (Lipinski definition) is 2. The van der Waals surface area contributed by atoms with Crippen LogP contribution in [0.15, 0.2) is 0 Å². The SMILES string of the molecule is CCCCCCCCC(=O)OCCCCC. The third kappa shape index (κ3) is 11.5. The van der Waals surface area contributed by atoms with E-state index in [9.17, 15) is 4.79 Å². The van der Waals surface area contributed by atoms with Crippen molar-refractivity contribution in [2.45, 2.75) is 78.1 Å². The van der Waals surface area contributed by atoms with Crippen LogP contribution in [0, 0.1) is 0 Å². The zero-order valence-electron chi connectivity index (χ0n) is 11.1. The first-order valence-corrected chi connectivity index (χ1v) is 6.96. The van der Waals surface area contributed by atoms with Gasteiger partial charge in [-0.2, -0.15) is 0 Å². The summed E-state index contributed by atoms with van der Waals surface area (Å²) in [4.78, 5) is 11.3. The van der Waals surface area contributed by atoms with Gasteiger partial charge in [0.05, 0.1) is 6.61 Å². The van der Waals surface area contributed by atoms with Crippen molar-refractivity contribution < 1.29 is 9.53 Å². The predicted octanol–water partition coefficient (Wildman–Crippen LogP) is 4.47. The molecule has 0 aliphatic carbocycles. The van der Waals surface area contributed by atoms with Gasteiger partial charge in [-0.1, -0.05) is 58.8 Å². The molecule has 0 unspecified atom stereocenters. The van der Waals surface area contributed by atoms with E-state index in [2.05, 4.69) is 13.8 Å². The second-order valence-electron chi connectivity index (χ2n) is 4.45. The van der Waals surface area contributed by atoms with E-state index >= 15 is 0 Å². The van der Waals surface area contributed by atoms with Crippen LogP contribution in [0.2, 0.25) is 0 Å². The van der Waals surface area contributed by atoms with Crippen molar-refractivity contribution >= 4 is 5.97 Å². The van der Waals surface area contributed by atoms with Crippen LogP contribution in [0.1, 0.15) is 78.1 Å². The Balaban J connectivity index is 3.11. The van der Waals surface area contributed by atoms with Gasteiger partial charge in [0.25, 0.3) is 0 Å². The van der Waals surface area contributed by atoms with Crippen LogP contribution in [0.25, 0.3) is 0 Å². The molecule has 0 radical (unpaired) electrons. The maximum atomic E-state index is 11.3. The summed E-state index contributed by atoms with van der Waals surface area (Å²) >= 11 is 0. The molecule has 0 aromatic rings. The lowest BCUT2D eigenvalue weighted by Crippen LogP contribution is -2.05. The fourth-order valence-corrected chi connectivity index (χ4v) is 1.66. The molecule has 2 nitrogen and oxygen atoms in total. The number of ether oxygens (including phenoxy) is 1. The molecule has 0 heterocycles. The number of carbonyl (C=O) groups is 1. The van der Waals surface area contributed by atoms with Gasteiger partial charge in [-0.15, -0.1) is 0 Å². The number of unbranched alkanes of at least 4 members (excludes halogenated alkanes) is 7. The van der Waals surface area contributed by atoms with Crippen molar-refractivity contribution in [3.63, 3.8) is 0 Å². The van der Waals surface area contributed by atoms with E-state index in [4.69, 9.17) is 4.74 Å². The van der Waals surface area contributed by atoms with Gasteiger partial charge in [-0.25, -0.2) is 0 Å². The number of esters is 1. The molecular formula is C14H28O2. The highest BCUT2D eigenvalue weighted by molar-refractivity contribution is 5.69. The van der Waals surface area contributed by atoms with Gasteiger partial charge in [-0.05, 0) is 12.8 Å². The normalized spacial score (nSPS) is 10.4. The summed E-state index contributed by atoms with van der Waals surface area (Å²) in [5.41, 5.74) is 0. The lowest BCUT2D eigenvalue weighted by Gasteiger charge is -2.04. The second kappa shape index (κ2) is 12.5. The Bertz CT molecular complexity index is 155. The molecule has 0 aliphatic rings. The molecule has 0 fully saturated rings. The molecule has 2 heteroatoms. The van der Waals surface area contributed by atoms with Crippen LogP contribution in [-0.4, -0.2) is 12.6 Å². The Hall–Kier alpha value is -0.530. The maximum absolute atomic E-state index is 11.3. The smallest absolute Gasteiger partial charge is 0.305 e. The summed E-state index contributed by atoms with van der Waals surface area (Å²) in [6.07, 6.45) is 11.3. The van der Waals surface area contributed by atoms with Crippen molar-refractivity contribution in [2.75, 3.05) is 6.61 Å². The van der Waals surface area contributed by atoms with Gasteiger partial charge in [0.1, 0.15) is 0 Å². The zero-order valence-corrected chi connectivity index (χ0v) is 11.1. The fraction of sp³-hybridized carbons (Fsp3) is 0.929. The first-order chi connectivity index (χ1) is 7.81. The number of hydrogen-bond donors (Lipinski definition) is 0. The Kier molecular flexibility index (Phi) is 12.1. The third-order valence-electron chi connectivity index (χ3n) is 2.75. The Morgan fingerprint density at radius 1 is 0.812 bits per heavy atom. The van der Waals surface area contributed by atoms with Gasteiger partial charge < -0.3 is 4.74 Å². The van der Waals surface area contributed by atoms with Crippen LogP contribution in [-0.2, 0) is 9.53 Å². The molecule has 0 saturated heterocycles. The van der Waals surface area contributed by atoms with Crippen molar-refractivity contribution in [2.24, 2.45) is 0 Å². The Morgan fingerprint density at radius 2 is 1.38 bits per heavy atom. The van der Waals surface area contributed by atoms with E-state index < -0.39 is 0 Å². The summed E-state index contributed by atoms with van der Waals surface area (Å²) in [5, 5.41) is 0. The Morgan fingerprint density at radius 3 is 2.06 bits per heavy atom.